The smallest absolute Gasteiger partial charge is 0.125 e. The van der Waals surface area contributed by atoms with Crippen molar-refractivity contribution in [1.82, 2.24) is 14.8 Å². The number of aliphatic imine (C=N–C) groups is 2. The standard InChI is InChI=1S/C28H39N7/c1-34(2)17-7-15-31-27(29)23-11-5-9-21(19-23)25-13-14-26(33-25)22-10-6-12-24(20-22)28(30)32-16-8-18-35(3)4/h5-6,9-14,19-20,33H,7-8,15-18H2,1-4H3,(H2,29,31)(H2,30,32). The maximum atomic E-state index is 6.26. The summed E-state index contributed by atoms with van der Waals surface area (Å²) in [6.45, 7) is 3.44. The molecule has 0 fully saturated rings. The lowest BCUT2D eigenvalue weighted by atomic mass is 10.1. The summed E-state index contributed by atoms with van der Waals surface area (Å²) in [7, 11) is 8.25. The van der Waals surface area contributed by atoms with Crippen LogP contribution in [0.2, 0.25) is 0 Å². The minimum Gasteiger partial charge on any atom is -0.384 e. The van der Waals surface area contributed by atoms with Gasteiger partial charge >= 0.3 is 0 Å². The van der Waals surface area contributed by atoms with Gasteiger partial charge in [0.15, 0.2) is 0 Å². The highest BCUT2D eigenvalue weighted by Gasteiger charge is 2.08. The summed E-state index contributed by atoms with van der Waals surface area (Å²) in [5.41, 5.74) is 18.6. The molecular formula is C28H39N7. The number of hydrogen-bond donors (Lipinski definition) is 3. The Hall–Kier alpha value is -3.42. The normalized spacial score (nSPS) is 12.6. The first-order chi connectivity index (χ1) is 16.8. The Labute approximate surface area is 209 Å². The van der Waals surface area contributed by atoms with Crippen molar-refractivity contribution in [2.45, 2.75) is 12.8 Å². The van der Waals surface area contributed by atoms with Gasteiger partial charge in [-0.05, 0) is 89.5 Å². The summed E-state index contributed by atoms with van der Waals surface area (Å²) in [6, 6.07) is 20.5. The molecule has 1 heterocycles. The zero-order valence-electron chi connectivity index (χ0n) is 21.5. The van der Waals surface area contributed by atoms with Gasteiger partial charge < -0.3 is 26.3 Å². The topological polar surface area (TPSA) is 99.0 Å². The quantitative estimate of drug-likeness (QED) is 0.212. The van der Waals surface area contributed by atoms with Crippen LogP contribution in [-0.2, 0) is 0 Å². The van der Waals surface area contributed by atoms with Crippen LogP contribution in [0.15, 0.2) is 70.6 Å². The number of H-pyrrole nitrogens is 1. The van der Waals surface area contributed by atoms with Crippen LogP contribution in [0.5, 0.6) is 0 Å². The predicted octanol–water partition coefficient (Wildman–Crippen LogP) is 3.66. The number of nitrogens with two attached hydrogens (primary N) is 2. The van der Waals surface area contributed by atoms with Crippen molar-refractivity contribution >= 4 is 11.7 Å². The van der Waals surface area contributed by atoms with Gasteiger partial charge in [0, 0.05) is 35.6 Å². The molecule has 0 aliphatic heterocycles. The molecule has 7 nitrogen and oxygen atoms in total. The average Bonchev–Trinajstić information content (AvgIpc) is 3.35. The molecule has 7 heteroatoms. The summed E-state index contributed by atoms with van der Waals surface area (Å²) in [6.07, 6.45) is 1.97. The number of aromatic amines is 1. The van der Waals surface area contributed by atoms with E-state index in [1.807, 2.05) is 24.3 Å². The van der Waals surface area contributed by atoms with Crippen molar-refractivity contribution in [1.29, 1.82) is 0 Å². The number of amidine groups is 2. The van der Waals surface area contributed by atoms with E-state index in [-0.39, 0.29) is 0 Å². The number of aromatic nitrogens is 1. The molecule has 0 bridgehead atoms. The summed E-state index contributed by atoms with van der Waals surface area (Å²) in [5.74, 6) is 1.15. The van der Waals surface area contributed by atoms with E-state index in [9.17, 15) is 0 Å². The fourth-order valence-electron chi connectivity index (χ4n) is 3.78. The first-order valence-corrected chi connectivity index (χ1v) is 12.1. The number of rotatable bonds is 12. The molecule has 5 N–H and O–H groups in total. The molecule has 186 valence electrons. The van der Waals surface area contributed by atoms with Gasteiger partial charge in [-0.25, -0.2) is 0 Å². The van der Waals surface area contributed by atoms with E-state index in [2.05, 4.69) is 89.4 Å². The Morgan fingerprint density at radius 2 is 1.11 bits per heavy atom. The van der Waals surface area contributed by atoms with Gasteiger partial charge in [0.05, 0.1) is 0 Å². The van der Waals surface area contributed by atoms with Crippen LogP contribution < -0.4 is 11.5 Å². The van der Waals surface area contributed by atoms with Crippen LogP contribution in [0.4, 0.5) is 0 Å². The number of nitrogens with zero attached hydrogens (tertiary/aromatic N) is 4. The zero-order valence-corrected chi connectivity index (χ0v) is 21.5. The van der Waals surface area contributed by atoms with Gasteiger partial charge in [-0.3, -0.25) is 9.98 Å². The Morgan fingerprint density at radius 3 is 1.51 bits per heavy atom. The summed E-state index contributed by atoms with van der Waals surface area (Å²) >= 11 is 0. The predicted molar refractivity (Wildman–Crippen MR) is 149 cm³/mol. The molecule has 2 aromatic carbocycles. The molecule has 3 aromatic rings. The molecule has 0 unspecified atom stereocenters. The third-order valence-electron chi connectivity index (χ3n) is 5.72. The molecule has 3 rings (SSSR count). The Bertz CT molecular complexity index is 1050. The number of benzene rings is 2. The Morgan fingerprint density at radius 1 is 0.686 bits per heavy atom. The lowest BCUT2D eigenvalue weighted by Gasteiger charge is -2.08. The monoisotopic (exact) mass is 473 g/mol. The molecule has 0 radical (unpaired) electrons. The molecule has 1 aromatic heterocycles. The van der Waals surface area contributed by atoms with Crippen molar-refractivity contribution < 1.29 is 0 Å². The molecule has 0 atom stereocenters. The fourth-order valence-corrected chi connectivity index (χ4v) is 3.78. The summed E-state index contributed by atoms with van der Waals surface area (Å²) in [4.78, 5) is 16.9. The highest BCUT2D eigenvalue weighted by atomic mass is 15.1. The Kier molecular flexibility index (Phi) is 9.64. The van der Waals surface area contributed by atoms with E-state index >= 15 is 0 Å². The molecule has 35 heavy (non-hydrogen) atoms. The van der Waals surface area contributed by atoms with Crippen LogP contribution in [0.1, 0.15) is 24.0 Å². The second-order valence-corrected chi connectivity index (χ2v) is 9.29. The molecule has 0 saturated heterocycles. The molecule has 0 spiro atoms. The maximum Gasteiger partial charge on any atom is 0.125 e. The van der Waals surface area contributed by atoms with Crippen molar-refractivity contribution in [3.8, 4) is 22.5 Å². The van der Waals surface area contributed by atoms with E-state index in [0.717, 1.165) is 72.7 Å². The zero-order chi connectivity index (χ0) is 25.2. The van der Waals surface area contributed by atoms with E-state index in [1.165, 1.54) is 0 Å². The van der Waals surface area contributed by atoms with Gasteiger partial charge in [-0.15, -0.1) is 0 Å². The first kappa shape index (κ1) is 26.2. The third-order valence-corrected chi connectivity index (χ3v) is 5.72. The second kappa shape index (κ2) is 12.9. The highest BCUT2D eigenvalue weighted by Crippen LogP contribution is 2.26. The largest absolute Gasteiger partial charge is 0.384 e. The molecular weight excluding hydrogens is 434 g/mol. The van der Waals surface area contributed by atoms with Gasteiger partial charge in [0.25, 0.3) is 0 Å². The van der Waals surface area contributed by atoms with Crippen LogP contribution in [0.25, 0.3) is 22.5 Å². The van der Waals surface area contributed by atoms with Gasteiger partial charge in [0.2, 0.25) is 0 Å². The van der Waals surface area contributed by atoms with E-state index in [4.69, 9.17) is 11.5 Å². The number of hydrogen-bond acceptors (Lipinski definition) is 4. The molecule has 0 aliphatic carbocycles. The minimum atomic E-state index is 0.574. The summed E-state index contributed by atoms with van der Waals surface area (Å²) in [5, 5.41) is 0. The van der Waals surface area contributed by atoms with Gasteiger partial charge in [0.1, 0.15) is 11.7 Å². The van der Waals surface area contributed by atoms with Crippen molar-refractivity contribution in [3.63, 3.8) is 0 Å². The fraction of sp³-hybridized carbons (Fsp3) is 0.357. The molecule has 0 amide bonds. The molecule has 0 aliphatic rings. The summed E-state index contributed by atoms with van der Waals surface area (Å²) < 4.78 is 0. The second-order valence-electron chi connectivity index (χ2n) is 9.29. The van der Waals surface area contributed by atoms with Crippen molar-refractivity contribution in [3.05, 3.63) is 71.8 Å². The van der Waals surface area contributed by atoms with E-state index in [0.29, 0.717) is 11.7 Å². The average molecular weight is 474 g/mol. The first-order valence-electron chi connectivity index (χ1n) is 12.1. The van der Waals surface area contributed by atoms with E-state index in [1.54, 1.807) is 0 Å². The lowest BCUT2D eigenvalue weighted by molar-refractivity contribution is 0.403. The molecule has 0 saturated carbocycles. The van der Waals surface area contributed by atoms with Gasteiger partial charge in [-0.2, -0.15) is 0 Å². The minimum absolute atomic E-state index is 0.574. The SMILES string of the molecule is CN(C)CCCN=C(N)c1cccc(-c2ccc(-c3cccc(C(N)=NCCCN(C)C)c3)[nH]2)c1. The van der Waals surface area contributed by atoms with Crippen LogP contribution in [0.3, 0.4) is 0 Å². The van der Waals surface area contributed by atoms with Crippen molar-refractivity contribution in [2.75, 3.05) is 54.4 Å². The third kappa shape index (κ3) is 8.09. The maximum absolute atomic E-state index is 6.26. The van der Waals surface area contributed by atoms with Crippen LogP contribution >= 0.6 is 0 Å². The Balaban J connectivity index is 1.72. The van der Waals surface area contributed by atoms with Crippen molar-refractivity contribution in [2.24, 2.45) is 21.5 Å². The van der Waals surface area contributed by atoms with Gasteiger partial charge in [-0.1, -0.05) is 36.4 Å². The lowest BCUT2D eigenvalue weighted by Crippen LogP contribution is -2.17. The van der Waals surface area contributed by atoms with Crippen LogP contribution in [-0.4, -0.2) is 80.8 Å². The van der Waals surface area contributed by atoms with E-state index < -0.39 is 0 Å². The highest BCUT2D eigenvalue weighted by molar-refractivity contribution is 5.99. The van der Waals surface area contributed by atoms with Crippen LogP contribution in [0, 0.1) is 0 Å². The number of nitrogens with one attached hydrogen (secondary N) is 1.